The van der Waals surface area contributed by atoms with Crippen molar-refractivity contribution in [1.82, 2.24) is 10.2 Å². The molecule has 1 unspecified atom stereocenters. The number of thioether (sulfide) groups is 2. The lowest BCUT2D eigenvalue weighted by molar-refractivity contribution is -0.384. The second kappa shape index (κ2) is 12.9. The minimum Gasteiger partial charge on any atom is -0.460 e. The Morgan fingerprint density at radius 1 is 0.956 bits per heavy atom. The molecule has 11 nitrogen and oxygen atoms in total. The van der Waals surface area contributed by atoms with Gasteiger partial charge in [-0.15, -0.1) is 23.5 Å². The van der Waals surface area contributed by atoms with E-state index in [2.05, 4.69) is 5.32 Å². The van der Waals surface area contributed by atoms with Gasteiger partial charge < -0.3 is 19.7 Å². The maximum atomic E-state index is 13.7. The quantitative estimate of drug-likeness (QED) is 0.104. The van der Waals surface area contributed by atoms with E-state index in [-0.39, 0.29) is 18.9 Å². The molecule has 0 radical (unpaired) electrons. The van der Waals surface area contributed by atoms with Crippen LogP contribution in [-0.2, 0) is 41.9 Å². The SMILES string of the molecule is CS[C@@]1(C(=O)OCc2ccccc2)N2C(=O)[C@@H](NC(=O)C(C(=O)OCc3ccc([N+](=O)[O-])cc3)c3ccccc3)[C@H]2SC1(C)C. The van der Waals surface area contributed by atoms with Crippen molar-refractivity contribution < 1.29 is 33.6 Å². The van der Waals surface area contributed by atoms with E-state index in [4.69, 9.17) is 9.47 Å². The number of β-lactam (4-membered cyclic amide) rings is 1. The van der Waals surface area contributed by atoms with E-state index in [9.17, 15) is 29.3 Å². The van der Waals surface area contributed by atoms with Crippen LogP contribution in [0.2, 0.25) is 0 Å². The fraction of sp³-hybridized carbons (Fsp3) is 0.312. The molecule has 2 saturated heterocycles. The number of rotatable bonds is 11. The van der Waals surface area contributed by atoms with Crippen LogP contribution in [0.25, 0.3) is 0 Å². The van der Waals surface area contributed by atoms with Gasteiger partial charge in [0, 0.05) is 12.1 Å². The Kier molecular flexibility index (Phi) is 9.21. The molecule has 0 bridgehead atoms. The minimum absolute atomic E-state index is 0.0519. The molecule has 234 valence electrons. The normalized spacial score (nSPS) is 22.0. The number of hydrogen-bond donors (Lipinski definition) is 1. The van der Waals surface area contributed by atoms with E-state index in [0.29, 0.717) is 11.1 Å². The first-order valence-electron chi connectivity index (χ1n) is 14.0. The number of benzene rings is 3. The van der Waals surface area contributed by atoms with Gasteiger partial charge >= 0.3 is 11.9 Å². The Bertz CT molecular complexity index is 1600. The largest absolute Gasteiger partial charge is 0.460 e. The standard InChI is InChI=1S/C32H31N3O8S2/c1-31(2)32(44-3,30(39)43-19-20-10-6-4-7-11-20)34-27(37)25(28(34)45-31)33-26(36)24(22-12-8-5-9-13-22)29(38)42-18-21-14-16-23(17-15-21)35(40)41/h4-17,24-25,28H,18-19H2,1-3H3,(H,33,36)/t24?,25-,28-,32-/m1/s1. The van der Waals surface area contributed by atoms with Crippen molar-refractivity contribution in [2.75, 3.05) is 6.26 Å². The van der Waals surface area contributed by atoms with Crippen LogP contribution in [0.5, 0.6) is 0 Å². The van der Waals surface area contributed by atoms with Gasteiger partial charge in [0.1, 0.15) is 24.6 Å². The summed E-state index contributed by atoms with van der Waals surface area (Å²) < 4.78 is 10.4. The molecule has 0 aliphatic carbocycles. The average Bonchev–Trinajstić information content (AvgIpc) is 3.26. The van der Waals surface area contributed by atoms with Crippen molar-refractivity contribution in [3.63, 3.8) is 0 Å². The van der Waals surface area contributed by atoms with Gasteiger partial charge in [-0.1, -0.05) is 60.7 Å². The minimum atomic E-state index is -1.38. The highest BCUT2D eigenvalue weighted by Gasteiger charge is 2.73. The zero-order valence-electron chi connectivity index (χ0n) is 24.7. The van der Waals surface area contributed by atoms with Gasteiger partial charge in [0.25, 0.3) is 11.6 Å². The van der Waals surface area contributed by atoms with Crippen LogP contribution in [0.3, 0.4) is 0 Å². The number of non-ortho nitro benzene ring substituents is 1. The van der Waals surface area contributed by atoms with Crippen LogP contribution < -0.4 is 5.32 Å². The lowest BCUT2D eigenvalue weighted by Crippen LogP contribution is -2.74. The van der Waals surface area contributed by atoms with E-state index in [0.717, 1.165) is 5.56 Å². The molecular weight excluding hydrogens is 618 g/mol. The summed E-state index contributed by atoms with van der Waals surface area (Å²) >= 11 is 2.60. The van der Waals surface area contributed by atoms with Crippen molar-refractivity contribution in [2.24, 2.45) is 0 Å². The van der Waals surface area contributed by atoms with E-state index in [1.165, 1.54) is 52.7 Å². The number of hydrogen-bond acceptors (Lipinski definition) is 10. The first-order valence-corrected chi connectivity index (χ1v) is 16.1. The molecule has 0 saturated carbocycles. The number of carbonyl (C=O) groups excluding carboxylic acids is 4. The maximum Gasteiger partial charge on any atom is 0.344 e. The lowest BCUT2D eigenvalue weighted by atomic mass is 9.93. The van der Waals surface area contributed by atoms with E-state index in [1.54, 1.807) is 36.6 Å². The lowest BCUT2D eigenvalue weighted by Gasteiger charge is -2.49. The van der Waals surface area contributed by atoms with Gasteiger partial charge in [0.05, 0.1) is 9.67 Å². The third-order valence-corrected chi connectivity index (χ3v) is 11.1. The van der Waals surface area contributed by atoms with Gasteiger partial charge in [0.15, 0.2) is 5.92 Å². The highest BCUT2D eigenvalue weighted by molar-refractivity contribution is 8.06. The number of fused-ring (bicyclic) bond motifs is 1. The molecule has 0 spiro atoms. The number of nitro benzene ring substituents is 1. The molecule has 3 aromatic carbocycles. The van der Waals surface area contributed by atoms with Crippen LogP contribution in [0.15, 0.2) is 84.9 Å². The second-order valence-corrected chi connectivity index (χ2v) is 13.7. The smallest absolute Gasteiger partial charge is 0.344 e. The van der Waals surface area contributed by atoms with Gasteiger partial charge in [-0.05, 0) is 48.9 Å². The fourth-order valence-electron chi connectivity index (χ4n) is 5.54. The number of nitro groups is 1. The molecular formula is C32H31N3O8S2. The molecule has 2 amide bonds. The molecule has 0 aromatic heterocycles. The van der Waals surface area contributed by atoms with Crippen LogP contribution in [0.1, 0.15) is 36.5 Å². The van der Waals surface area contributed by atoms with Crippen molar-refractivity contribution in [3.05, 3.63) is 112 Å². The molecule has 4 atom stereocenters. The molecule has 2 aliphatic heterocycles. The summed E-state index contributed by atoms with van der Waals surface area (Å²) in [7, 11) is 0. The summed E-state index contributed by atoms with van der Waals surface area (Å²) in [4.78, 5) is 64.8. The Morgan fingerprint density at radius 3 is 2.13 bits per heavy atom. The molecule has 5 rings (SSSR count). The van der Waals surface area contributed by atoms with Crippen molar-refractivity contribution in [2.45, 2.75) is 54.0 Å². The van der Waals surface area contributed by atoms with Gasteiger partial charge in [-0.3, -0.25) is 24.5 Å². The molecule has 45 heavy (non-hydrogen) atoms. The third-order valence-electron chi connectivity index (χ3n) is 7.86. The second-order valence-electron chi connectivity index (χ2n) is 11.0. The monoisotopic (exact) mass is 649 g/mol. The first-order chi connectivity index (χ1) is 21.5. The molecule has 2 aliphatic rings. The van der Waals surface area contributed by atoms with Crippen molar-refractivity contribution >= 4 is 53.0 Å². The summed E-state index contributed by atoms with van der Waals surface area (Å²) in [5.41, 5.74) is 1.58. The van der Waals surface area contributed by atoms with Crippen molar-refractivity contribution in [3.8, 4) is 0 Å². The Labute approximate surface area is 268 Å². The van der Waals surface area contributed by atoms with Crippen LogP contribution >= 0.6 is 23.5 Å². The number of amides is 2. The molecule has 2 heterocycles. The zero-order valence-corrected chi connectivity index (χ0v) is 26.3. The van der Waals surface area contributed by atoms with Crippen molar-refractivity contribution in [1.29, 1.82) is 0 Å². The number of carbonyl (C=O) groups is 4. The van der Waals surface area contributed by atoms with Gasteiger partial charge in [-0.25, -0.2) is 4.79 Å². The van der Waals surface area contributed by atoms with E-state index >= 15 is 0 Å². The fourth-order valence-corrected chi connectivity index (χ4v) is 8.76. The van der Waals surface area contributed by atoms with Gasteiger partial charge in [0.2, 0.25) is 10.8 Å². The summed E-state index contributed by atoms with van der Waals surface area (Å²) in [5, 5.41) is 13.1. The maximum absolute atomic E-state index is 13.7. The van der Waals surface area contributed by atoms with E-state index < -0.39 is 55.6 Å². The number of nitrogens with zero attached hydrogens (tertiary/aromatic N) is 2. The number of esters is 2. The molecule has 13 heteroatoms. The number of ether oxygens (including phenoxy) is 2. The Morgan fingerprint density at radius 2 is 1.53 bits per heavy atom. The summed E-state index contributed by atoms with van der Waals surface area (Å²) in [6.07, 6.45) is 1.75. The first kappa shape index (κ1) is 32.0. The topological polar surface area (TPSA) is 145 Å². The van der Waals surface area contributed by atoms with Crippen LogP contribution in [-0.4, -0.2) is 60.9 Å². The van der Waals surface area contributed by atoms with Crippen LogP contribution in [0.4, 0.5) is 5.69 Å². The summed E-state index contributed by atoms with van der Waals surface area (Å²) in [5.74, 6) is -3.95. The average molecular weight is 650 g/mol. The zero-order chi connectivity index (χ0) is 32.4. The highest BCUT2D eigenvalue weighted by Crippen LogP contribution is 2.61. The van der Waals surface area contributed by atoms with E-state index in [1.807, 2.05) is 44.2 Å². The number of nitrogens with one attached hydrogen (secondary N) is 1. The Balaban J connectivity index is 1.31. The third kappa shape index (κ3) is 6.01. The summed E-state index contributed by atoms with van der Waals surface area (Å²) in [6, 6.07) is 22.1. The highest BCUT2D eigenvalue weighted by atomic mass is 32.2. The molecule has 1 N–H and O–H groups in total. The predicted molar refractivity (Wildman–Crippen MR) is 169 cm³/mol. The molecule has 2 fully saturated rings. The Hall–Kier alpha value is -4.36. The summed E-state index contributed by atoms with van der Waals surface area (Å²) in [6.45, 7) is 3.57. The van der Waals surface area contributed by atoms with Gasteiger partial charge in [-0.2, -0.15) is 0 Å². The molecule has 3 aromatic rings. The predicted octanol–water partition coefficient (Wildman–Crippen LogP) is 4.40. The van der Waals surface area contributed by atoms with Crippen LogP contribution in [0, 0.1) is 10.1 Å².